The Morgan fingerprint density at radius 3 is 2.29 bits per heavy atom. The van der Waals surface area contributed by atoms with Gasteiger partial charge in [-0.3, -0.25) is 0 Å². The van der Waals surface area contributed by atoms with E-state index >= 15 is 0 Å². The summed E-state index contributed by atoms with van der Waals surface area (Å²) in [6.45, 7) is 7.88. The van der Waals surface area contributed by atoms with Crippen LogP contribution in [0.4, 0.5) is 0 Å². The molecular formula is C15H31NO. The molecule has 0 bridgehead atoms. The highest BCUT2D eigenvalue weighted by atomic mass is 16.3. The smallest absolute Gasteiger partial charge is 0.0496 e. The minimum atomic E-state index is 0.0546. The third-order valence-corrected chi connectivity index (χ3v) is 4.69. The Morgan fingerprint density at radius 1 is 1.24 bits per heavy atom. The Labute approximate surface area is 107 Å². The van der Waals surface area contributed by atoms with E-state index in [4.69, 9.17) is 0 Å². The first-order valence-corrected chi connectivity index (χ1v) is 7.45. The molecule has 17 heavy (non-hydrogen) atoms. The van der Waals surface area contributed by atoms with E-state index in [-0.39, 0.29) is 12.0 Å². The lowest BCUT2D eigenvalue weighted by Crippen LogP contribution is -2.42. The molecule has 2 N–H and O–H groups in total. The van der Waals surface area contributed by atoms with Crippen LogP contribution in [-0.2, 0) is 0 Å². The number of hydrogen-bond donors (Lipinski definition) is 2. The Kier molecular flexibility index (Phi) is 6.50. The highest BCUT2D eigenvalue weighted by Crippen LogP contribution is 2.26. The molecule has 1 rings (SSSR count). The van der Waals surface area contributed by atoms with Gasteiger partial charge in [-0.25, -0.2) is 0 Å². The topological polar surface area (TPSA) is 32.3 Å². The van der Waals surface area contributed by atoms with Crippen LogP contribution in [-0.4, -0.2) is 24.3 Å². The van der Waals surface area contributed by atoms with Gasteiger partial charge in [-0.15, -0.1) is 0 Å². The molecule has 102 valence electrons. The summed E-state index contributed by atoms with van der Waals surface area (Å²) in [4.78, 5) is 0. The zero-order valence-electron chi connectivity index (χ0n) is 12.0. The maximum Gasteiger partial charge on any atom is 0.0496 e. The average molecular weight is 241 g/mol. The molecule has 2 heteroatoms. The van der Waals surface area contributed by atoms with E-state index in [0.717, 1.165) is 18.9 Å². The van der Waals surface area contributed by atoms with Crippen molar-refractivity contribution >= 4 is 0 Å². The summed E-state index contributed by atoms with van der Waals surface area (Å²) < 4.78 is 0. The van der Waals surface area contributed by atoms with Gasteiger partial charge < -0.3 is 10.4 Å². The van der Waals surface area contributed by atoms with Crippen molar-refractivity contribution in [2.75, 3.05) is 13.2 Å². The van der Waals surface area contributed by atoms with E-state index in [1.54, 1.807) is 0 Å². The van der Waals surface area contributed by atoms with Gasteiger partial charge in [0.15, 0.2) is 0 Å². The Balaban J connectivity index is 2.34. The minimum Gasteiger partial charge on any atom is -0.396 e. The van der Waals surface area contributed by atoms with Crippen molar-refractivity contribution in [3.05, 3.63) is 0 Å². The van der Waals surface area contributed by atoms with Gasteiger partial charge in [-0.2, -0.15) is 0 Å². The molecule has 2 atom stereocenters. The maximum atomic E-state index is 9.41. The first kappa shape index (κ1) is 15.0. The van der Waals surface area contributed by atoms with Gasteiger partial charge in [-0.1, -0.05) is 39.5 Å². The van der Waals surface area contributed by atoms with Crippen molar-refractivity contribution in [3.63, 3.8) is 0 Å². The van der Waals surface area contributed by atoms with Gasteiger partial charge in [0.05, 0.1) is 0 Å². The molecule has 2 nitrogen and oxygen atoms in total. The summed E-state index contributed by atoms with van der Waals surface area (Å²) in [6, 6.07) is 0.602. The predicted molar refractivity (Wildman–Crippen MR) is 74.1 cm³/mol. The summed E-state index contributed by atoms with van der Waals surface area (Å²) in [7, 11) is 0. The number of aliphatic hydroxyl groups is 1. The Morgan fingerprint density at radius 2 is 1.82 bits per heavy atom. The van der Waals surface area contributed by atoms with Gasteiger partial charge in [0.1, 0.15) is 0 Å². The van der Waals surface area contributed by atoms with E-state index in [1.807, 2.05) is 0 Å². The van der Waals surface area contributed by atoms with Crippen LogP contribution in [0.3, 0.4) is 0 Å². The first-order valence-electron chi connectivity index (χ1n) is 7.45. The fourth-order valence-electron chi connectivity index (χ4n) is 2.68. The number of hydrogen-bond acceptors (Lipinski definition) is 2. The summed E-state index contributed by atoms with van der Waals surface area (Å²) in [6.07, 6.45) is 9.46. The monoisotopic (exact) mass is 241 g/mol. The van der Waals surface area contributed by atoms with Gasteiger partial charge in [0.2, 0.25) is 0 Å². The minimum absolute atomic E-state index is 0.0546. The standard InChI is InChI=1S/C15H31NO/c1-4-15(3,12-17)11-16-13(2)14-9-7-5-6-8-10-14/h13-14,16-17H,4-12H2,1-3H3/t13-,15?/m1/s1. The summed E-state index contributed by atoms with van der Waals surface area (Å²) >= 11 is 0. The van der Waals surface area contributed by atoms with Crippen molar-refractivity contribution in [2.45, 2.75) is 71.8 Å². The Bertz CT molecular complexity index is 193. The van der Waals surface area contributed by atoms with E-state index < -0.39 is 0 Å². The molecule has 1 saturated carbocycles. The molecule has 0 radical (unpaired) electrons. The number of aliphatic hydroxyl groups excluding tert-OH is 1. The van der Waals surface area contributed by atoms with E-state index in [0.29, 0.717) is 6.04 Å². The largest absolute Gasteiger partial charge is 0.396 e. The summed E-state index contributed by atoms with van der Waals surface area (Å²) in [5.74, 6) is 0.845. The average Bonchev–Trinajstić information content (AvgIpc) is 2.64. The molecule has 0 saturated heterocycles. The summed E-state index contributed by atoms with van der Waals surface area (Å²) in [5.41, 5.74) is 0.0546. The summed E-state index contributed by atoms with van der Waals surface area (Å²) in [5, 5.41) is 13.1. The van der Waals surface area contributed by atoms with Crippen LogP contribution in [0.2, 0.25) is 0 Å². The molecule has 0 amide bonds. The van der Waals surface area contributed by atoms with Gasteiger partial charge in [0, 0.05) is 24.6 Å². The van der Waals surface area contributed by atoms with Gasteiger partial charge in [0.25, 0.3) is 0 Å². The molecule has 0 spiro atoms. The van der Waals surface area contributed by atoms with E-state index in [2.05, 4.69) is 26.1 Å². The second-order valence-electron chi connectivity index (χ2n) is 6.24. The van der Waals surface area contributed by atoms with Gasteiger partial charge in [-0.05, 0) is 32.1 Å². The van der Waals surface area contributed by atoms with E-state index in [1.165, 1.54) is 38.5 Å². The van der Waals surface area contributed by atoms with Crippen LogP contribution in [0.15, 0.2) is 0 Å². The van der Waals surface area contributed by atoms with Crippen molar-refractivity contribution in [1.29, 1.82) is 0 Å². The second kappa shape index (κ2) is 7.38. The zero-order valence-corrected chi connectivity index (χ0v) is 12.0. The van der Waals surface area contributed by atoms with Crippen molar-refractivity contribution in [3.8, 4) is 0 Å². The SMILES string of the molecule is CCC(C)(CO)CN[C@H](C)C1CCCCCC1. The predicted octanol–water partition coefficient (Wildman–Crippen LogP) is 3.34. The van der Waals surface area contributed by atoms with Crippen LogP contribution in [0.25, 0.3) is 0 Å². The molecule has 0 aromatic carbocycles. The molecule has 0 aliphatic heterocycles. The van der Waals surface area contributed by atoms with Crippen LogP contribution in [0.1, 0.15) is 65.7 Å². The number of nitrogens with one attached hydrogen (secondary N) is 1. The quantitative estimate of drug-likeness (QED) is 0.699. The van der Waals surface area contributed by atoms with Crippen molar-refractivity contribution in [2.24, 2.45) is 11.3 Å². The first-order chi connectivity index (χ1) is 8.11. The van der Waals surface area contributed by atoms with Crippen LogP contribution >= 0.6 is 0 Å². The fraction of sp³-hybridized carbons (Fsp3) is 1.00. The fourth-order valence-corrected chi connectivity index (χ4v) is 2.68. The molecule has 1 aliphatic carbocycles. The maximum absolute atomic E-state index is 9.41. The lowest BCUT2D eigenvalue weighted by Gasteiger charge is -2.31. The van der Waals surface area contributed by atoms with Crippen LogP contribution in [0, 0.1) is 11.3 Å². The third-order valence-electron chi connectivity index (χ3n) is 4.69. The lowest BCUT2D eigenvalue weighted by molar-refractivity contribution is 0.128. The molecule has 1 fully saturated rings. The zero-order chi connectivity index (χ0) is 12.7. The molecule has 1 aliphatic rings. The lowest BCUT2D eigenvalue weighted by atomic mass is 9.87. The normalized spacial score (nSPS) is 24.0. The highest BCUT2D eigenvalue weighted by Gasteiger charge is 2.24. The number of rotatable bonds is 6. The molecule has 0 aromatic heterocycles. The van der Waals surface area contributed by atoms with Crippen LogP contribution < -0.4 is 5.32 Å². The Hall–Kier alpha value is -0.0800. The molecule has 1 unspecified atom stereocenters. The van der Waals surface area contributed by atoms with Gasteiger partial charge >= 0.3 is 0 Å². The second-order valence-corrected chi connectivity index (χ2v) is 6.24. The van der Waals surface area contributed by atoms with Crippen molar-refractivity contribution in [1.82, 2.24) is 5.32 Å². The molecular weight excluding hydrogens is 210 g/mol. The van der Waals surface area contributed by atoms with E-state index in [9.17, 15) is 5.11 Å². The highest BCUT2D eigenvalue weighted by molar-refractivity contribution is 4.80. The molecule has 0 heterocycles. The van der Waals surface area contributed by atoms with Crippen LogP contribution in [0.5, 0.6) is 0 Å². The van der Waals surface area contributed by atoms with Crippen molar-refractivity contribution < 1.29 is 5.11 Å². The third kappa shape index (κ3) is 4.97. The molecule has 0 aromatic rings.